The number of aryl methyl sites for hydroxylation is 1. The first-order valence-corrected chi connectivity index (χ1v) is 6.35. The average molecular weight is 305 g/mol. The molecule has 4 heteroatoms. The summed E-state index contributed by atoms with van der Waals surface area (Å²) < 4.78 is 16.1. The van der Waals surface area contributed by atoms with Gasteiger partial charge in [0.1, 0.15) is 5.82 Å². The van der Waals surface area contributed by atoms with Crippen molar-refractivity contribution in [1.82, 2.24) is 9.78 Å². The molecule has 1 aromatic heterocycles. The Balaban J connectivity index is 2.25. The molecule has 0 saturated heterocycles. The molecule has 0 N–H and O–H groups in total. The molecule has 0 fully saturated rings. The Morgan fingerprint density at radius 3 is 2.83 bits per heavy atom. The smallest absolute Gasteiger partial charge is 0.126 e. The minimum absolute atomic E-state index is 0.198. The van der Waals surface area contributed by atoms with E-state index in [1.807, 2.05) is 22.9 Å². The van der Waals surface area contributed by atoms with Gasteiger partial charge in [0.2, 0.25) is 0 Å². The Morgan fingerprint density at radius 2 is 2.06 bits per heavy atom. The molecule has 3 aromatic rings. The van der Waals surface area contributed by atoms with E-state index in [1.165, 1.54) is 6.07 Å². The van der Waals surface area contributed by atoms with Crippen LogP contribution >= 0.6 is 15.9 Å². The molecule has 0 aliphatic rings. The van der Waals surface area contributed by atoms with Crippen molar-refractivity contribution in [2.24, 2.45) is 0 Å². The van der Waals surface area contributed by atoms with E-state index in [1.54, 1.807) is 25.3 Å². The standard InChI is InChI=1S/C14H10BrFN2/c1-9-7-10(5-6-13(9)16)18-14-4-2-3-12(15)11(14)8-17-18/h2-8H,1H3. The van der Waals surface area contributed by atoms with Gasteiger partial charge < -0.3 is 0 Å². The number of halogens is 2. The van der Waals surface area contributed by atoms with Gasteiger partial charge in [0, 0.05) is 9.86 Å². The molecule has 0 atom stereocenters. The Hall–Kier alpha value is -1.68. The van der Waals surface area contributed by atoms with Gasteiger partial charge in [-0.05, 0) is 42.8 Å². The van der Waals surface area contributed by atoms with Crippen LogP contribution in [0, 0.1) is 12.7 Å². The van der Waals surface area contributed by atoms with Crippen molar-refractivity contribution in [1.29, 1.82) is 0 Å². The number of nitrogens with zero attached hydrogens (tertiary/aromatic N) is 2. The van der Waals surface area contributed by atoms with Gasteiger partial charge in [0.25, 0.3) is 0 Å². The summed E-state index contributed by atoms with van der Waals surface area (Å²) in [6, 6.07) is 10.9. The summed E-state index contributed by atoms with van der Waals surface area (Å²) in [6.45, 7) is 1.75. The summed E-state index contributed by atoms with van der Waals surface area (Å²) in [4.78, 5) is 0. The first-order chi connectivity index (χ1) is 8.66. The molecular weight excluding hydrogens is 295 g/mol. The third kappa shape index (κ3) is 1.73. The number of benzene rings is 2. The molecular formula is C14H10BrFN2. The summed E-state index contributed by atoms with van der Waals surface area (Å²) in [5, 5.41) is 5.40. The largest absolute Gasteiger partial charge is 0.233 e. The van der Waals surface area contributed by atoms with Crippen LogP contribution in [0.4, 0.5) is 4.39 Å². The van der Waals surface area contributed by atoms with Gasteiger partial charge in [-0.3, -0.25) is 0 Å². The van der Waals surface area contributed by atoms with Gasteiger partial charge in [-0.25, -0.2) is 9.07 Å². The molecule has 0 aliphatic carbocycles. The Kier molecular flexibility index (Phi) is 2.67. The molecule has 3 rings (SSSR count). The van der Waals surface area contributed by atoms with E-state index < -0.39 is 0 Å². The highest BCUT2D eigenvalue weighted by Gasteiger charge is 2.08. The van der Waals surface area contributed by atoms with Crippen LogP contribution in [0.1, 0.15) is 5.56 Å². The van der Waals surface area contributed by atoms with Crippen LogP contribution in [0.15, 0.2) is 47.1 Å². The molecule has 0 amide bonds. The van der Waals surface area contributed by atoms with Gasteiger partial charge in [-0.15, -0.1) is 0 Å². The lowest BCUT2D eigenvalue weighted by Crippen LogP contribution is -1.97. The topological polar surface area (TPSA) is 17.8 Å². The maximum Gasteiger partial charge on any atom is 0.126 e. The van der Waals surface area contributed by atoms with Crippen molar-refractivity contribution < 1.29 is 4.39 Å². The van der Waals surface area contributed by atoms with E-state index >= 15 is 0 Å². The second-order valence-electron chi connectivity index (χ2n) is 4.16. The zero-order chi connectivity index (χ0) is 12.7. The van der Waals surface area contributed by atoms with Gasteiger partial charge >= 0.3 is 0 Å². The fourth-order valence-electron chi connectivity index (χ4n) is 1.98. The van der Waals surface area contributed by atoms with Crippen LogP contribution in [-0.2, 0) is 0 Å². The molecule has 0 bridgehead atoms. The normalized spacial score (nSPS) is 11.1. The van der Waals surface area contributed by atoms with Gasteiger partial charge in [-0.2, -0.15) is 5.10 Å². The summed E-state index contributed by atoms with van der Waals surface area (Å²) >= 11 is 3.50. The predicted molar refractivity (Wildman–Crippen MR) is 73.5 cm³/mol. The van der Waals surface area contributed by atoms with Crippen molar-refractivity contribution >= 4 is 26.8 Å². The van der Waals surface area contributed by atoms with Crippen LogP contribution in [0.25, 0.3) is 16.6 Å². The van der Waals surface area contributed by atoms with Crippen molar-refractivity contribution in [3.8, 4) is 5.69 Å². The lowest BCUT2D eigenvalue weighted by Gasteiger charge is -2.05. The van der Waals surface area contributed by atoms with E-state index in [0.29, 0.717) is 5.56 Å². The highest BCUT2D eigenvalue weighted by Crippen LogP contribution is 2.25. The number of rotatable bonds is 1. The Morgan fingerprint density at radius 1 is 1.22 bits per heavy atom. The van der Waals surface area contributed by atoms with Crippen molar-refractivity contribution in [3.05, 3.63) is 58.4 Å². The number of aromatic nitrogens is 2. The average Bonchev–Trinajstić information content (AvgIpc) is 2.78. The number of hydrogen-bond donors (Lipinski definition) is 0. The molecule has 0 aliphatic heterocycles. The van der Waals surface area contributed by atoms with E-state index in [2.05, 4.69) is 21.0 Å². The van der Waals surface area contributed by atoms with Gasteiger partial charge in [0.05, 0.1) is 17.4 Å². The maximum atomic E-state index is 13.3. The lowest BCUT2D eigenvalue weighted by atomic mass is 10.2. The van der Waals surface area contributed by atoms with E-state index in [4.69, 9.17) is 0 Å². The van der Waals surface area contributed by atoms with Crippen LogP contribution in [0.2, 0.25) is 0 Å². The molecule has 0 spiro atoms. The first kappa shape index (κ1) is 11.4. The van der Waals surface area contributed by atoms with E-state index in [0.717, 1.165) is 21.1 Å². The van der Waals surface area contributed by atoms with Crippen LogP contribution in [-0.4, -0.2) is 9.78 Å². The summed E-state index contributed by atoms with van der Waals surface area (Å²) in [5.41, 5.74) is 2.48. The van der Waals surface area contributed by atoms with E-state index in [-0.39, 0.29) is 5.82 Å². The molecule has 2 nitrogen and oxygen atoms in total. The molecule has 0 unspecified atom stereocenters. The third-order valence-corrected chi connectivity index (χ3v) is 3.64. The van der Waals surface area contributed by atoms with Crippen LogP contribution in [0.5, 0.6) is 0 Å². The summed E-state index contributed by atoms with van der Waals surface area (Å²) in [5.74, 6) is -0.198. The summed E-state index contributed by atoms with van der Waals surface area (Å²) in [6.07, 6.45) is 1.80. The SMILES string of the molecule is Cc1cc(-n2ncc3c(Br)cccc32)ccc1F. The minimum Gasteiger partial charge on any atom is -0.233 e. The number of fused-ring (bicyclic) bond motifs is 1. The zero-order valence-electron chi connectivity index (χ0n) is 9.69. The second kappa shape index (κ2) is 4.21. The van der Waals surface area contributed by atoms with Crippen LogP contribution in [0.3, 0.4) is 0 Å². The van der Waals surface area contributed by atoms with Crippen molar-refractivity contribution in [2.45, 2.75) is 6.92 Å². The molecule has 18 heavy (non-hydrogen) atoms. The highest BCUT2D eigenvalue weighted by molar-refractivity contribution is 9.10. The molecule has 0 saturated carbocycles. The predicted octanol–water partition coefficient (Wildman–Crippen LogP) is 4.24. The van der Waals surface area contributed by atoms with Crippen LogP contribution < -0.4 is 0 Å². The van der Waals surface area contributed by atoms with E-state index in [9.17, 15) is 4.39 Å². The number of hydrogen-bond acceptors (Lipinski definition) is 1. The fourth-order valence-corrected chi connectivity index (χ4v) is 2.44. The fraction of sp³-hybridized carbons (Fsp3) is 0.0714. The lowest BCUT2D eigenvalue weighted by molar-refractivity contribution is 0.617. The van der Waals surface area contributed by atoms with Crippen molar-refractivity contribution in [3.63, 3.8) is 0 Å². The Labute approximate surface area is 112 Å². The van der Waals surface area contributed by atoms with Gasteiger partial charge in [-0.1, -0.05) is 22.0 Å². The monoisotopic (exact) mass is 304 g/mol. The van der Waals surface area contributed by atoms with Gasteiger partial charge in [0.15, 0.2) is 0 Å². The maximum absolute atomic E-state index is 13.3. The molecule has 0 radical (unpaired) electrons. The zero-order valence-corrected chi connectivity index (χ0v) is 11.3. The van der Waals surface area contributed by atoms with Crippen molar-refractivity contribution in [2.75, 3.05) is 0 Å². The third-order valence-electron chi connectivity index (χ3n) is 2.95. The minimum atomic E-state index is -0.198. The molecule has 2 aromatic carbocycles. The highest BCUT2D eigenvalue weighted by atomic mass is 79.9. The first-order valence-electron chi connectivity index (χ1n) is 5.55. The Bertz CT molecular complexity index is 734. The molecule has 1 heterocycles. The second-order valence-corrected chi connectivity index (χ2v) is 5.02. The molecule has 90 valence electrons. The quantitative estimate of drug-likeness (QED) is 0.657. The summed E-state index contributed by atoms with van der Waals surface area (Å²) in [7, 11) is 0.